The summed E-state index contributed by atoms with van der Waals surface area (Å²) < 4.78 is 5.17. The molecular formula is C16H20N4O2. The standard InChI is InChI=1S/C16H20N4O2/c21-16(17-12-13-6-5-11-22-13)14-7-8-15(19-18-14)20-9-3-1-2-4-10-20/h5-8,11H,1-4,9-10,12H2,(H,17,21). The number of rotatable bonds is 4. The van der Waals surface area contributed by atoms with Crippen molar-refractivity contribution in [1.82, 2.24) is 15.5 Å². The van der Waals surface area contributed by atoms with Crippen LogP contribution in [0.25, 0.3) is 0 Å². The summed E-state index contributed by atoms with van der Waals surface area (Å²) in [7, 11) is 0. The fraction of sp³-hybridized carbons (Fsp3) is 0.438. The molecule has 0 atom stereocenters. The van der Waals surface area contributed by atoms with E-state index in [0.717, 1.165) is 18.9 Å². The lowest BCUT2D eigenvalue weighted by atomic mass is 10.2. The molecule has 6 nitrogen and oxygen atoms in total. The zero-order chi connectivity index (χ0) is 15.2. The molecule has 6 heteroatoms. The van der Waals surface area contributed by atoms with E-state index in [-0.39, 0.29) is 5.91 Å². The lowest BCUT2D eigenvalue weighted by molar-refractivity contribution is 0.0942. The first kappa shape index (κ1) is 14.6. The molecular weight excluding hydrogens is 280 g/mol. The number of anilines is 1. The summed E-state index contributed by atoms with van der Waals surface area (Å²) >= 11 is 0. The van der Waals surface area contributed by atoms with Gasteiger partial charge in [-0.25, -0.2) is 0 Å². The van der Waals surface area contributed by atoms with E-state index in [1.165, 1.54) is 25.7 Å². The Bertz CT molecular complexity index is 587. The van der Waals surface area contributed by atoms with Gasteiger partial charge < -0.3 is 14.6 Å². The molecule has 2 aromatic heterocycles. The van der Waals surface area contributed by atoms with Crippen LogP contribution in [-0.2, 0) is 6.54 Å². The van der Waals surface area contributed by atoms with Crippen molar-refractivity contribution in [2.45, 2.75) is 32.2 Å². The normalized spacial score (nSPS) is 15.4. The van der Waals surface area contributed by atoms with Crippen molar-refractivity contribution in [1.29, 1.82) is 0 Å². The van der Waals surface area contributed by atoms with Crippen LogP contribution in [0.1, 0.15) is 41.9 Å². The van der Waals surface area contributed by atoms with Gasteiger partial charge in [-0.3, -0.25) is 4.79 Å². The summed E-state index contributed by atoms with van der Waals surface area (Å²) in [4.78, 5) is 14.3. The highest BCUT2D eigenvalue weighted by molar-refractivity contribution is 5.92. The minimum Gasteiger partial charge on any atom is -0.467 e. The molecule has 0 saturated carbocycles. The minimum atomic E-state index is -0.244. The van der Waals surface area contributed by atoms with Crippen molar-refractivity contribution in [3.05, 3.63) is 42.0 Å². The van der Waals surface area contributed by atoms with E-state index in [2.05, 4.69) is 20.4 Å². The van der Waals surface area contributed by atoms with Crippen LogP contribution in [0.4, 0.5) is 5.82 Å². The number of hydrogen-bond donors (Lipinski definition) is 1. The van der Waals surface area contributed by atoms with Crippen molar-refractivity contribution < 1.29 is 9.21 Å². The largest absolute Gasteiger partial charge is 0.467 e. The molecule has 3 heterocycles. The van der Waals surface area contributed by atoms with Crippen molar-refractivity contribution in [3.8, 4) is 0 Å². The SMILES string of the molecule is O=C(NCc1ccco1)c1ccc(N2CCCCCC2)nn1. The van der Waals surface area contributed by atoms with Gasteiger partial charge in [0.15, 0.2) is 11.5 Å². The van der Waals surface area contributed by atoms with Gasteiger partial charge in [-0.15, -0.1) is 10.2 Å². The Morgan fingerprint density at radius 1 is 1.14 bits per heavy atom. The Morgan fingerprint density at radius 3 is 2.59 bits per heavy atom. The second kappa shape index (κ2) is 7.06. The fourth-order valence-corrected chi connectivity index (χ4v) is 2.59. The van der Waals surface area contributed by atoms with E-state index in [1.807, 2.05) is 12.1 Å². The first-order valence-electron chi connectivity index (χ1n) is 7.72. The number of carbonyl (C=O) groups excluding carboxylic acids is 1. The Labute approximate surface area is 129 Å². The predicted molar refractivity (Wildman–Crippen MR) is 82.6 cm³/mol. The highest BCUT2D eigenvalue weighted by Crippen LogP contribution is 2.16. The van der Waals surface area contributed by atoms with Crippen LogP contribution in [-0.4, -0.2) is 29.2 Å². The zero-order valence-electron chi connectivity index (χ0n) is 12.5. The molecule has 0 aromatic carbocycles. The molecule has 0 bridgehead atoms. The average Bonchev–Trinajstić information content (AvgIpc) is 2.93. The van der Waals surface area contributed by atoms with Gasteiger partial charge in [-0.1, -0.05) is 12.8 Å². The Kier molecular flexibility index (Phi) is 4.68. The first-order chi connectivity index (χ1) is 10.8. The van der Waals surface area contributed by atoms with Crippen LogP contribution < -0.4 is 10.2 Å². The third kappa shape index (κ3) is 3.63. The monoisotopic (exact) mass is 300 g/mol. The molecule has 1 N–H and O–H groups in total. The van der Waals surface area contributed by atoms with E-state index in [0.29, 0.717) is 18.0 Å². The Morgan fingerprint density at radius 2 is 1.95 bits per heavy atom. The van der Waals surface area contributed by atoms with Crippen LogP contribution in [0.2, 0.25) is 0 Å². The van der Waals surface area contributed by atoms with Crippen LogP contribution in [0, 0.1) is 0 Å². The summed E-state index contributed by atoms with van der Waals surface area (Å²) in [5.41, 5.74) is 0.324. The molecule has 0 aliphatic carbocycles. The van der Waals surface area contributed by atoms with Gasteiger partial charge in [0.05, 0.1) is 12.8 Å². The van der Waals surface area contributed by atoms with Gasteiger partial charge >= 0.3 is 0 Å². The number of hydrogen-bond acceptors (Lipinski definition) is 5. The van der Waals surface area contributed by atoms with E-state index in [1.54, 1.807) is 18.4 Å². The molecule has 0 unspecified atom stereocenters. The van der Waals surface area contributed by atoms with Crippen molar-refractivity contribution >= 4 is 11.7 Å². The summed E-state index contributed by atoms with van der Waals surface area (Å²) in [6, 6.07) is 7.20. The molecule has 1 amide bonds. The summed E-state index contributed by atoms with van der Waals surface area (Å²) in [6.07, 6.45) is 6.51. The van der Waals surface area contributed by atoms with Gasteiger partial charge in [0.25, 0.3) is 5.91 Å². The number of furan rings is 1. The Hall–Kier alpha value is -2.37. The van der Waals surface area contributed by atoms with E-state index in [4.69, 9.17) is 4.42 Å². The lowest BCUT2D eigenvalue weighted by Gasteiger charge is -2.20. The van der Waals surface area contributed by atoms with Crippen molar-refractivity contribution in [2.75, 3.05) is 18.0 Å². The van der Waals surface area contributed by atoms with Crippen LogP contribution in [0.5, 0.6) is 0 Å². The lowest BCUT2D eigenvalue weighted by Crippen LogP contribution is -2.27. The van der Waals surface area contributed by atoms with Crippen molar-refractivity contribution in [2.24, 2.45) is 0 Å². The molecule has 1 saturated heterocycles. The third-order valence-electron chi connectivity index (χ3n) is 3.82. The number of aromatic nitrogens is 2. The third-order valence-corrected chi connectivity index (χ3v) is 3.82. The molecule has 3 rings (SSSR count). The van der Waals surface area contributed by atoms with E-state index in [9.17, 15) is 4.79 Å². The number of carbonyl (C=O) groups is 1. The van der Waals surface area contributed by atoms with Crippen LogP contribution in [0.3, 0.4) is 0 Å². The van der Waals surface area contributed by atoms with E-state index < -0.39 is 0 Å². The maximum absolute atomic E-state index is 12.0. The van der Waals surface area contributed by atoms with Crippen molar-refractivity contribution in [3.63, 3.8) is 0 Å². The molecule has 2 aromatic rings. The molecule has 0 spiro atoms. The van der Waals surface area contributed by atoms with E-state index >= 15 is 0 Å². The Balaban J connectivity index is 1.59. The zero-order valence-corrected chi connectivity index (χ0v) is 12.5. The fourth-order valence-electron chi connectivity index (χ4n) is 2.59. The molecule has 116 valence electrons. The summed E-state index contributed by atoms with van der Waals surface area (Å²) in [5.74, 6) is 1.32. The maximum atomic E-state index is 12.0. The second-order valence-corrected chi connectivity index (χ2v) is 5.44. The molecule has 1 fully saturated rings. The maximum Gasteiger partial charge on any atom is 0.272 e. The number of nitrogens with one attached hydrogen (secondary N) is 1. The van der Waals surface area contributed by atoms with Gasteiger partial charge in [-0.2, -0.15) is 0 Å². The van der Waals surface area contributed by atoms with Crippen LogP contribution >= 0.6 is 0 Å². The highest BCUT2D eigenvalue weighted by Gasteiger charge is 2.13. The number of amides is 1. The number of nitrogens with zero attached hydrogens (tertiary/aromatic N) is 3. The topological polar surface area (TPSA) is 71.3 Å². The predicted octanol–water partition coefficient (Wildman–Crippen LogP) is 2.38. The van der Waals surface area contributed by atoms with Gasteiger partial charge in [0.2, 0.25) is 0 Å². The van der Waals surface area contributed by atoms with Crippen LogP contribution in [0.15, 0.2) is 34.9 Å². The first-order valence-corrected chi connectivity index (χ1v) is 7.72. The average molecular weight is 300 g/mol. The summed E-state index contributed by atoms with van der Waals surface area (Å²) in [6.45, 7) is 2.37. The molecule has 1 aliphatic rings. The highest BCUT2D eigenvalue weighted by atomic mass is 16.3. The van der Waals surface area contributed by atoms with Gasteiger partial charge in [0, 0.05) is 13.1 Å². The molecule has 0 radical (unpaired) electrons. The molecule has 22 heavy (non-hydrogen) atoms. The molecule has 1 aliphatic heterocycles. The minimum absolute atomic E-state index is 0.244. The van der Waals surface area contributed by atoms with Gasteiger partial charge in [0.1, 0.15) is 5.76 Å². The second-order valence-electron chi connectivity index (χ2n) is 5.44. The smallest absolute Gasteiger partial charge is 0.272 e. The quantitative estimate of drug-likeness (QED) is 0.938. The summed E-state index contributed by atoms with van der Waals surface area (Å²) in [5, 5.41) is 11.0. The van der Waals surface area contributed by atoms with Gasteiger partial charge in [-0.05, 0) is 37.1 Å².